The lowest BCUT2D eigenvalue weighted by Crippen LogP contribution is -2.00. The highest BCUT2D eigenvalue weighted by Crippen LogP contribution is 2.09. The number of aliphatic hydroxyl groups is 1. The number of unbranched alkanes of at least 4 members (excludes halogenated alkanes) is 8. The Labute approximate surface area is 136 Å². The van der Waals surface area contributed by atoms with Crippen molar-refractivity contribution in [2.45, 2.75) is 90.1 Å². The molecule has 0 spiro atoms. The van der Waals surface area contributed by atoms with Crippen LogP contribution in [0.3, 0.4) is 0 Å². The van der Waals surface area contributed by atoms with Gasteiger partial charge >= 0.3 is 5.97 Å². The van der Waals surface area contributed by atoms with Crippen molar-refractivity contribution in [2.75, 3.05) is 0 Å². The molecule has 0 rings (SSSR count). The fourth-order valence-corrected chi connectivity index (χ4v) is 2.31. The van der Waals surface area contributed by atoms with Gasteiger partial charge in [0.05, 0.1) is 6.10 Å². The van der Waals surface area contributed by atoms with E-state index in [9.17, 15) is 9.90 Å². The van der Waals surface area contributed by atoms with Crippen LogP contribution in [-0.2, 0) is 4.79 Å². The average molecular weight is 310 g/mol. The summed E-state index contributed by atoms with van der Waals surface area (Å²) in [5, 5.41) is 18.2. The summed E-state index contributed by atoms with van der Waals surface area (Å²) >= 11 is 0. The van der Waals surface area contributed by atoms with Crippen molar-refractivity contribution in [3.05, 3.63) is 24.3 Å². The smallest absolute Gasteiger partial charge is 0.303 e. The summed E-state index contributed by atoms with van der Waals surface area (Å²) in [6.45, 7) is 2.17. The van der Waals surface area contributed by atoms with Gasteiger partial charge in [-0.3, -0.25) is 4.79 Å². The normalized spacial score (nSPS) is 13.2. The second-order valence-electron chi connectivity index (χ2n) is 5.93. The number of allylic oxidation sites excluding steroid dienone is 3. The zero-order valence-corrected chi connectivity index (χ0v) is 14.2. The molecule has 3 heteroatoms. The number of aliphatic hydroxyl groups excluding tert-OH is 1. The SMILES string of the molecule is CCCCCC(O)C=CC=CCCCCCCCCC(=O)O. The Kier molecular flexibility index (Phi) is 15.5. The first-order valence-corrected chi connectivity index (χ1v) is 8.90. The van der Waals surface area contributed by atoms with E-state index in [0.29, 0.717) is 6.42 Å². The summed E-state index contributed by atoms with van der Waals surface area (Å²) in [6, 6.07) is 0. The molecule has 0 aromatic heterocycles. The lowest BCUT2D eigenvalue weighted by molar-refractivity contribution is -0.137. The molecule has 0 bridgehead atoms. The number of aliphatic carboxylic acids is 1. The molecule has 0 aromatic carbocycles. The lowest BCUT2D eigenvalue weighted by Gasteiger charge is -2.03. The molecule has 0 aliphatic carbocycles. The predicted octanol–water partition coefficient (Wildman–Crippen LogP) is 5.25. The Balaban J connectivity index is 3.34. The van der Waals surface area contributed by atoms with Crippen LogP contribution in [0.25, 0.3) is 0 Å². The van der Waals surface area contributed by atoms with Crippen LogP contribution in [-0.4, -0.2) is 22.3 Å². The Morgan fingerprint density at radius 2 is 1.64 bits per heavy atom. The number of carboxylic acid groups (broad SMARTS) is 1. The molecule has 2 N–H and O–H groups in total. The van der Waals surface area contributed by atoms with E-state index in [4.69, 9.17) is 5.11 Å². The van der Waals surface area contributed by atoms with Crippen molar-refractivity contribution in [3.63, 3.8) is 0 Å². The monoisotopic (exact) mass is 310 g/mol. The van der Waals surface area contributed by atoms with Crippen molar-refractivity contribution in [1.82, 2.24) is 0 Å². The Bertz CT molecular complexity index is 308. The second-order valence-corrected chi connectivity index (χ2v) is 5.93. The molecule has 0 aliphatic rings. The first kappa shape index (κ1) is 20.9. The zero-order valence-electron chi connectivity index (χ0n) is 14.2. The fourth-order valence-electron chi connectivity index (χ4n) is 2.31. The average Bonchev–Trinajstić information content (AvgIpc) is 2.48. The van der Waals surface area contributed by atoms with Crippen molar-refractivity contribution in [2.24, 2.45) is 0 Å². The molecule has 0 aromatic rings. The third kappa shape index (κ3) is 17.0. The summed E-state index contributed by atoms with van der Waals surface area (Å²) in [7, 11) is 0. The third-order valence-corrected chi connectivity index (χ3v) is 3.70. The van der Waals surface area contributed by atoms with Gasteiger partial charge in [-0.1, -0.05) is 76.2 Å². The predicted molar refractivity (Wildman–Crippen MR) is 93.0 cm³/mol. The van der Waals surface area contributed by atoms with E-state index >= 15 is 0 Å². The molecule has 128 valence electrons. The standard InChI is InChI=1S/C19H34O3/c1-2-3-12-15-18(20)16-13-10-8-6-4-5-7-9-11-14-17-19(21)22/h8,10,13,16,18,20H,2-7,9,11-12,14-15,17H2,1H3,(H,21,22). The maximum absolute atomic E-state index is 10.3. The van der Waals surface area contributed by atoms with Crippen LogP contribution < -0.4 is 0 Å². The molecule has 0 heterocycles. The van der Waals surface area contributed by atoms with Gasteiger partial charge in [0.25, 0.3) is 0 Å². The van der Waals surface area contributed by atoms with Gasteiger partial charge in [-0.25, -0.2) is 0 Å². The molecule has 22 heavy (non-hydrogen) atoms. The molecule has 1 atom stereocenters. The summed E-state index contributed by atoms with van der Waals surface area (Å²) in [5.41, 5.74) is 0. The van der Waals surface area contributed by atoms with Gasteiger partial charge in [0.2, 0.25) is 0 Å². The van der Waals surface area contributed by atoms with Gasteiger partial charge in [-0.05, 0) is 25.7 Å². The van der Waals surface area contributed by atoms with Crippen LogP contribution >= 0.6 is 0 Å². The van der Waals surface area contributed by atoms with Crippen LogP contribution in [0.15, 0.2) is 24.3 Å². The highest BCUT2D eigenvalue weighted by Gasteiger charge is 1.97. The van der Waals surface area contributed by atoms with E-state index in [2.05, 4.69) is 13.0 Å². The van der Waals surface area contributed by atoms with Crippen molar-refractivity contribution < 1.29 is 15.0 Å². The first-order chi connectivity index (χ1) is 10.7. The van der Waals surface area contributed by atoms with Gasteiger partial charge in [-0.2, -0.15) is 0 Å². The van der Waals surface area contributed by atoms with E-state index < -0.39 is 5.97 Å². The largest absolute Gasteiger partial charge is 0.481 e. The molecule has 0 fully saturated rings. The minimum atomic E-state index is -0.686. The number of hydrogen-bond donors (Lipinski definition) is 2. The molecule has 1 unspecified atom stereocenters. The summed E-state index contributed by atoms with van der Waals surface area (Å²) in [5.74, 6) is -0.686. The van der Waals surface area contributed by atoms with Crippen LogP contribution in [0.4, 0.5) is 0 Å². The number of carboxylic acids is 1. The Morgan fingerprint density at radius 3 is 2.32 bits per heavy atom. The van der Waals surface area contributed by atoms with Gasteiger partial charge in [-0.15, -0.1) is 0 Å². The molecule has 0 aliphatic heterocycles. The molecular formula is C19H34O3. The van der Waals surface area contributed by atoms with Crippen molar-refractivity contribution in [1.29, 1.82) is 0 Å². The van der Waals surface area contributed by atoms with E-state index in [1.165, 1.54) is 32.1 Å². The first-order valence-electron chi connectivity index (χ1n) is 8.90. The molecule has 0 saturated carbocycles. The molecule has 0 saturated heterocycles. The molecular weight excluding hydrogens is 276 g/mol. The minimum Gasteiger partial charge on any atom is -0.481 e. The number of rotatable bonds is 15. The second kappa shape index (κ2) is 16.3. The van der Waals surface area contributed by atoms with Crippen LogP contribution in [0.5, 0.6) is 0 Å². The maximum atomic E-state index is 10.3. The van der Waals surface area contributed by atoms with E-state index in [0.717, 1.165) is 38.5 Å². The third-order valence-electron chi connectivity index (χ3n) is 3.70. The van der Waals surface area contributed by atoms with Gasteiger partial charge in [0.1, 0.15) is 0 Å². The van der Waals surface area contributed by atoms with Crippen LogP contribution in [0, 0.1) is 0 Å². The maximum Gasteiger partial charge on any atom is 0.303 e. The minimum absolute atomic E-state index is 0.304. The quantitative estimate of drug-likeness (QED) is 0.321. The van der Waals surface area contributed by atoms with Crippen molar-refractivity contribution in [3.8, 4) is 0 Å². The number of hydrogen-bond acceptors (Lipinski definition) is 2. The van der Waals surface area contributed by atoms with Crippen LogP contribution in [0.1, 0.15) is 84.0 Å². The van der Waals surface area contributed by atoms with Crippen molar-refractivity contribution >= 4 is 5.97 Å². The molecule has 3 nitrogen and oxygen atoms in total. The Morgan fingerprint density at radius 1 is 0.955 bits per heavy atom. The molecule has 0 amide bonds. The summed E-state index contributed by atoms with van der Waals surface area (Å²) in [6.07, 6.45) is 20.0. The van der Waals surface area contributed by atoms with Gasteiger partial charge in [0, 0.05) is 6.42 Å². The fraction of sp³-hybridized carbons (Fsp3) is 0.737. The molecule has 0 radical (unpaired) electrons. The Hall–Kier alpha value is -1.09. The summed E-state index contributed by atoms with van der Waals surface area (Å²) < 4.78 is 0. The highest BCUT2D eigenvalue weighted by molar-refractivity contribution is 5.66. The van der Waals surface area contributed by atoms with Gasteiger partial charge in [0.15, 0.2) is 0 Å². The van der Waals surface area contributed by atoms with E-state index in [1.807, 2.05) is 18.2 Å². The highest BCUT2D eigenvalue weighted by atomic mass is 16.4. The zero-order chi connectivity index (χ0) is 16.5. The van der Waals surface area contributed by atoms with E-state index in [-0.39, 0.29) is 6.10 Å². The lowest BCUT2D eigenvalue weighted by atomic mass is 10.1. The van der Waals surface area contributed by atoms with Gasteiger partial charge < -0.3 is 10.2 Å². The topological polar surface area (TPSA) is 57.5 Å². The number of carbonyl (C=O) groups is 1. The van der Waals surface area contributed by atoms with Crippen LogP contribution in [0.2, 0.25) is 0 Å². The summed E-state index contributed by atoms with van der Waals surface area (Å²) in [4.78, 5) is 10.3. The van der Waals surface area contributed by atoms with E-state index in [1.54, 1.807) is 0 Å².